The second-order valence-electron chi connectivity index (χ2n) is 3.59. The summed E-state index contributed by atoms with van der Waals surface area (Å²) in [6, 6.07) is 0. The average molecular weight is 238 g/mol. The first-order valence-corrected chi connectivity index (χ1v) is 5.02. The fraction of sp³-hybridized carbons (Fsp3) is 0.364. The van der Waals surface area contributed by atoms with E-state index in [1.54, 1.807) is 0 Å². The highest BCUT2D eigenvalue weighted by molar-refractivity contribution is 5.70. The molecule has 0 fully saturated rings. The summed E-state index contributed by atoms with van der Waals surface area (Å²) >= 11 is 0. The summed E-state index contributed by atoms with van der Waals surface area (Å²) in [4.78, 5) is 21.4. The van der Waals surface area contributed by atoms with Crippen LogP contribution in [0.4, 0.5) is 0 Å². The van der Waals surface area contributed by atoms with Crippen LogP contribution in [0.2, 0.25) is 0 Å². The molecule has 1 aliphatic rings. The second-order valence-corrected chi connectivity index (χ2v) is 3.59. The van der Waals surface area contributed by atoms with Crippen LogP contribution in [0, 0.1) is 16.0 Å². The predicted octanol–water partition coefficient (Wildman–Crippen LogP) is 0.999. The van der Waals surface area contributed by atoms with Gasteiger partial charge in [0.15, 0.2) is 0 Å². The SMILES string of the molecule is C=CC1=C(C(=C)[N+](=O)[O-])C(CC(=O)OC)CN1. The maximum Gasteiger partial charge on any atom is 0.306 e. The summed E-state index contributed by atoms with van der Waals surface area (Å²) in [5.74, 6) is -0.705. The van der Waals surface area contributed by atoms with Crippen molar-refractivity contribution in [1.29, 1.82) is 0 Å². The number of hydrogen-bond acceptors (Lipinski definition) is 5. The molecule has 1 aliphatic heterocycles. The molecule has 0 aromatic rings. The van der Waals surface area contributed by atoms with Gasteiger partial charge in [0.2, 0.25) is 0 Å². The summed E-state index contributed by atoms with van der Waals surface area (Å²) in [5.41, 5.74) is 0.773. The number of nitro groups is 1. The van der Waals surface area contributed by atoms with Gasteiger partial charge in [0, 0.05) is 18.2 Å². The third-order valence-corrected chi connectivity index (χ3v) is 2.61. The van der Waals surface area contributed by atoms with E-state index in [-0.39, 0.29) is 18.0 Å². The van der Waals surface area contributed by atoms with Crippen molar-refractivity contribution in [2.75, 3.05) is 13.7 Å². The van der Waals surface area contributed by atoms with Gasteiger partial charge in [-0.2, -0.15) is 0 Å². The molecule has 0 saturated heterocycles. The Morgan fingerprint density at radius 3 is 2.88 bits per heavy atom. The summed E-state index contributed by atoms with van der Waals surface area (Å²) in [5, 5.41) is 13.7. The molecule has 1 heterocycles. The molecule has 6 heteroatoms. The Morgan fingerprint density at radius 2 is 2.41 bits per heavy atom. The standard InChI is InChI=1S/C11H14N2O4/c1-4-9-11(7(2)13(15)16)8(6-12-9)5-10(14)17-3/h4,8,12H,1-2,5-6H2,3H3. The largest absolute Gasteiger partial charge is 0.469 e. The lowest BCUT2D eigenvalue weighted by molar-refractivity contribution is -0.420. The van der Waals surface area contributed by atoms with Crippen LogP contribution in [0.15, 0.2) is 36.2 Å². The highest BCUT2D eigenvalue weighted by Crippen LogP contribution is 2.30. The number of nitrogens with zero attached hydrogens (tertiary/aromatic N) is 1. The molecule has 6 nitrogen and oxygen atoms in total. The lowest BCUT2D eigenvalue weighted by atomic mass is 9.95. The fourth-order valence-electron chi connectivity index (χ4n) is 1.78. The van der Waals surface area contributed by atoms with Crippen LogP contribution >= 0.6 is 0 Å². The van der Waals surface area contributed by atoms with Gasteiger partial charge in [-0.3, -0.25) is 14.9 Å². The van der Waals surface area contributed by atoms with E-state index in [1.807, 2.05) is 0 Å². The van der Waals surface area contributed by atoms with Crippen molar-refractivity contribution in [2.45, 2.75) is 6.42 Å². The molecule has 1 rings (SSSR count). The van der Waals surface area contributed by atoms with Crippen LogP contribution in [-0.2, 0) is 9.53 Å². The zero-order valence-corrected chi connectivity index (χ0v) is 9.56. The van der Waals surface area contributed by atoms with E-state index in [2.05, 4.69) is 23.2 Å². The first-order valence-electron chi connectivity index (χ1n) is 5.02. The molecule has 17 heavy (non-hydrogen) atoms. The fourth-order valence-corrected chi connectivity index (χ4v) is 1.78. The van der Waals surface area contributed by atoms with Gasteiger partial charge in [-0.1, -0.05) is 6.58 Å². The zero-order valence-electron chi connectivity index (χ0n) is 9.56. The van der Waals surface area contributed by atoms with E-state index in [4.69, 9.17) is 0 Å². The van der Waals surface area contributed by atoms with Gasteiger partial charge in [-0.25, -0.2) is 0 Å². The first-order chi connectivity index (χ1) is 8.01. The number of carbonyl (C=O) groups is 1. The predicted molar refractivity (Wildman–Crippen MR) is 61.5 cm³/mol. The molecular weight excluding hydrogens is 224 g/mol. The third kappa shape index (κ3) is 2.72. The summed E-state index contributed by atoms with van der Waals surface area (Å²) in [6.07, 6.45) is 1.57. The van der Waals surface area contributed by atoms with Crippen molar-refractivity contribution in [2.24, 2.45) is 5.92 Å². The maximum absolute atomic E-state index is 11.2. The molecule has 92 valence electrons. The molecule has 0 aromatic carbocycles. The molecule has 1 N–H and O–H groups in total. The average Bonchev–Trinajstić information content (AvgIpc) is 2.70. The molecular formula is C11H14N2O4. The van der Waals surface area contributed by atoms with Crippen molar-refractivity contribution < 1.29 is 14.5 Å². The molecule has 0 aliphatic carbocycles. The van der Waals surface area contributed by atoms with Crippen molar-refractivity contribution in [3.63, 3.8) is 0 Å². The second kappa shape index (κ2) is 5.29. The highest BCUT2D eigenvalue weighted by Gasteiger charge is 2.33. The molecule has 0 bridgehead atoms. The van der Waals surface area contributed by atoms with Gasteiger partial charge in [0.05, 0.1) is 24.0 Å². The van der Waals surface area contributed by atoms with Crippen LogP contribution in [0.25, 0.3) is 0 Å². The molecule has 0 amide bonds. The lowest BCUT2D eigenvalue weighted by Crippen LogP contribution is -2.18. The number of ether oxygens (including phenoxy) is 1. The normalized spacial score (nSPS) is 18.5. The monoisotopic (exact) mass is 238 g/mol. The summed E-state index contributed by atoms with van der Waals surface area (Å²) in [6.45, 7) is 7.43. The van der Waals surface area contributed by atoms with Gasteiger partial charge in [0.1, 0.15) is 0 Å². The van der Waals surface area contributed by atoms with E-state index in [0.717, 1.165) is 0 Å². The van der Waals surface area contributed by atoms with Gasteiger partial charge in [-0.15, -0.1) is 0 Å². The highest BCUT2D eigenvalue weighted by atomic mass is 16.6. The lowest BCUT2D eigenvalue weighted by Gasteiger charge is -2.09. The molecule has 1 unspecified atom stereocenters. The minimum absolute atomic E-state index is 0.0863. The Bertz CT molecular complexity index is 412. The Morgan fingerprint density at radius 1 is 1.76 bits per heavy atom. The third-order valence-electron chi connectivity index (χ3n) is 2.61. The van der Waals surface area contributed by atoms with E-state index in [0.29, 0.717) is 17.8 Å². The van der Waals surface area contributed by atoms with E-state index >= 15 is 0 Å². The number of hydrogen-bond donors (Lipinski definition) is 1. The Balaban J connectivity index is 2.98. The summed E-state index contributed by atoms with van der Waals surface area (Å²) in [7, 11) is 1.28. The van der Waals surface area contributed by atoms with E-state index < -0.39 is 10.9 Å². The molecule has 0 radical (unpaired) electrons. The van der Waals surface area contributed by atoms with Crippen LogP contribution < -0.4 is 5.32 Å². The topological polar surface area (TPSA) is 81.5 Å². The smallest absolute Gasteiger partial charge is 0.306 e. The minimum Gasteiger partial charge on any atom is -0.469 e. The molecule has 0 spiro atoms. The van der Waals surface area contributed by atoms with Gasteiger partial charge >= 0.3 is 5.97 Å². The molecule has 0 saturated carbocycles. The maximum atomic E-state index is 11.2. The number of nitrogens with one attached hydrogen (secondary N) is 1. The van der Waals surface area contributed by atoms with Crippen molar-refractivity contribution in [3.8, 4) is 0 Å². The van der Waals surface area contributed by atoms with Crippen LogP contribution in [0.3, 0.4) is 0 Å². The van der Waals surface area contributed by atoms with Crippen molar-refractivity contribution in [1.82, 2.24) is 5.32 Å². The Labute approximate surface area is 98.8 Å². The number of rotatable bonds is 5. The Kier molecular flexibility index (Phi) is 4.03. The van der Waals surface area contributed by atoms with Crippen molar-refractivity contribution in [3.05, 3.63) is 46.3 Å². The quantitative estimate of drug-likeness (QED) is 0.439. The van der Waals surface area contributed by atoms with E-state index in [9.17, 15) is 14.9 Å². The van der Waals surface area contributed by atoms with Gasteiger partial charge in [-0.05, 0) is 12.7 Å². The zero-order chi connectivity index (χ0) is 13.0. The van der Waals surface area contributed by atoms with Crippen LogP contribution in [-0.4, -0.2) is 24.5 Å². The van der Waals surface area contributed by atoms with Crippen LogP contribution in [0.1, 0.15) is 6.42 Å². The first kappa shape index (κ1) is 13.0. The number of carbonyl (C=O) groups excluding carboxylic acids is 1. The van der Waals surface area contributed by atoms with E-state index in [1.165, 1.54) is 13.2 Å². The van der Waals surface area contributed by atoms with Crippen molar-refractivity contribution >= 4 is 5.97 Å². The Hall–Kier alpha value is -2.11. The summed E-state index contributed by atoms with van der Waals surface area (Å²) < 4.78 is 4.55. The molecule has 1 atom stereocenters. The molecule has 0 aromatic heterocycles. The van der Waals surface area contributed by atoms with Crippen LogP contribution in [0.5, 0.6) is 0 Å². The number of methoxy groups -OCH3 is 1. The minimum atomic E-state index is -0.559. The van der Waals surface area contributed by atoms with Gasteiger partial charge < -0.3 is 10.1 Å². The number of esters is 1. The van der Waals surface area contributed by atoms with Gasteiger partial charge in [0.25, 0.3) is 5.70 Å². The number of allylic oxidation sites excluding steroid dienone is 2.